The van der Waals surface area contributed by atoms with Gasteiger partial charge in [-0.2, -0.15) is 0 Å². The van der Waals surface area contributed by atoms with Crippen molar-refractivity contribution in [3.63, 3.8) is 0 Å². The highest BCUT2D eigenvalue weighted by Gasteiger charge is 2.10. The molecule has 0 saturated carbocycles. The van der Waals surface area contributed by atoms with Crippen LogP contribution in [0.15, 0.2) is 9.98 Å². The molecule has 0 aromatic rings. The van der Waals surface area contributed by atoms with Crippen molar-refractivity contribution in [2.24, 2.45) is 9.98 Å². The van der Waals surface area contributed by atoms with Crippen LogP contribution in [0.1, 0.15) is 13.8 Å². The second kappa shape index (κ2) is 6.85. The normalized spacial score (nSPS) is 18.4. The van der Waals surface area contributed by atoms with Gasteiger partial charge in [0, 0.05) is 38.4 Å². The molecule has 0 fully saturated rings. The standard InChI is InChI=1S/2C5H7NOS/c2*1-4(7)5-6-2-3-8-5/h2*2-3H2,1H3. The number of Topliss-reactive ketones (excluding diaryl/α,β-unsaturated/α-hetero) is 2. The summed E-state index contributed by atoms with van der Waals surface area (Å²) in [5.41, 5.74) is 0. The van der Waals surface area contributed by atoms with Crippen LogP contribution < -0.4 is 0 Å². The van der Waals surface area contributed by atoms with Gasteiger partial charge < -0.3 is 0 Å². The van der Waals surface area contributed by atoms with E-state index in [0.29, 0.717) is 10.1 Å². The van der Waals surface area contributed by atoms with Crippen molar-refractivity contribution in [3.8, 4) is 0 Å². The lowest BCUT2D eigenvalue weighted by Gasteiger charge is -1.85. The molecule has 0 amide bonds. The van der Waals surface area contributed by atoms with Crippen molar-refractivity contribution in [1.29, 1.82) is 0 Å². The van der Waals surface area contributed by atoms with E-state index in [1.807, 2.05) is 0 Å². The molecule has 2 aliphatic rings. The average Bonchev–Trinajstić information content (AvgIpc) is 2.93. The Labute approximate surface area is 103 Å². The Kier molecular flexibility index (Phi) is 5.76. The molecule has 2 heterocycles. The number of nitrogens with zero attached hydrogens (tertiary/aromatic N) is 2. The number of rotatable bonds is 2. The van der Waals surface area contributed by atoms with E-state index in [9.17, 15) is 9.59 Å². The Morgan fingerprint density at radius 3 is 1.44 bits per heavy atom. The minimum absolute atomic E-state index is 0.104. The molecule has 0 aliphatic carbocycles. The highest BCUT2D eigenvalue weighted by Crippen LogP contribution is 2.11. The number of thioether (sulfide) groups is 2. The van der Waals surface area contributed by atoms with Crippen LogP contribution in [0.2, 0.25) is 0 Å². The van der Waals surface area contributed by atoms with Gasteiger partial charge in [-0.15, -0.1) is 23.5 Å². The fraction of sp³-hybridized carbons (Fsp3) is 0.600. The van der Waals surface area contributed by atoms with E-state index in [0.717, 1.165) is 24.6 Å². The molecule has 2 aliphatic heterocycles. The first-order valence-corrected chi connectivity index (χ1v) is 6.94. The van der Waals surface area contributed by atoms with E-state index in [-0.39, 0.29) is 11.6 Å². The van der Waals surface area contributed by atoms with Crippen molar-refractivity contribution in [2.75, 3.05) is 24.6 Å². The molecule has 0 N–H and O–H groups in total. The number of ketones is 2. The molecule has 6 heteroatoms. The summed E-state index contributed by atoms with van der Waals surface area (Å²) < 4.78 is 0. The van der Waals surface area contributed by atoms with Crippen LogP contribution in [-0.4, -0.2) is 46.2 Å². The second-order valence-corrected chi connectivity index (χ2v) is 5.35. The maximum Gasteiger partial charge on any atom is 0.184 e. The summed E-state index contributed by atoms with van der Waals surface area (Å²) in [6.07, 6.45) is 0. The minimum atomic E-state index is 0.104. The maximum absolute atomic E-state index is 10.5. The number of hydrogen-bond acceptors (Lipinski definition) is 6. The van der Waals surface area contributed by atoms with Gasteiger partial charge in [-0.3, -0.25) is 19.6 Å². The Hall–Kier alpha value is -0.620. The van der Waals surface area contributed by atoms with Gasteiger partial charge in [0.2, 0.25) is 0 Å². The Morgan fingerprint density at radius 1 is 0.938 bits per heavy atom. The highest BCUT2D eigenvalue weighted by molar-refractivity contribution is 8.16. The zero-order chi connectivity index (χ0) is 12.0. The van der Waals surface area contributed by atoms with Crippen LogP contribution in [0.5, 0.6) is 0 Å². The molecule has 0 spiro atoms. The van der Waals surface area contributed by atoms with Crippen LogP contribution in [0.3, 0.4) is 0 Å². The molecule has 0 aromatic heterocycles. The Bertz CT molecular complexity index is 317. The maximum atomic E-state index is 10.5. The Morgan fingerprint density at radius 2 is 1.31 bits per heavy atom. The molecule has 16 heavy (non-hydrogen) atoms. The molecular formula is C10H14N2O2S2. The predicted molar refractivity (Wildman–Crippen MR) is 70.9 cm³/mol. The SMILES string of the molecule is CC(=O)C1=NCCS1.CC(=O)C1=NCCS1. The summed E-state index contributed by atoms with van der Waals surface area (Å²) in [5, 5.41) is 1.40. The van der Waals surface area contributed by atoms with Crippen molar-refractivity contribution in [1.82, 2.24) is 0 Å². The van der Waals surface area contributed by atoms with E-state index in [2.05, 4.69) is 9.98 Å². The average molecular weight is 258 g/mol. The molecule has 0 radical (unpaired) electrons. The zero-order valence-electron chi connectivity index (χ0n) is 9.36. The molecule has 0 bridgehead atoms. The summed E-state index contributed by atoms with van der Waals surface area (Å²) in [7, 11) is 0. The van der Waals surface area contributed by atoms with Gasteiger partial charge in [-0.1, -0.05) is 0 Å². The third-order valence-corrected chi connectivity index (χ3v) is 3.93. The monoisotopic (exact) mass is 258 g/mol. The first kappa shape index (κ1) is 13.4. The van der Waals surface area contributed by atoms with E-state index < -0.39 is 0 Å². The van der Waals surface area contributed by atoms with Crippen molar-refractivity contribution < 1.29 is 9.59 Å². The van der Waals surface area contributed by atoms with Gasteiger partial charge in [-0.25, -0.2) is 0 Å². The van der Waals surface area contributed by atoms with Gasteiger partial charge in [0.25, 0.3) is 0 Å². The third-order valence-electron chi connectivity index (χ3n) is 1.77. The van der Waals surface area contributed by atoms with Crippen LogP contribution in [0.25, 0.3) is 0 Å². The quantitative estimate of drug-likeness (QED) is 0.752. The van der Waals surface area contributed by atoms with Gasteiger partial charge in [0.05, 0.1) is 0 Å². The summed E-state index contributed by atoms with van der Waals surface area (Å²) >= 11 is 3.10. The second-order valence-electron chi connectivity index (χ2n) is 3.18. The fourth-order valence-corrected chi connectivity index (χ4v) is 2.62. The lowest BCUT2D eigenvalue weighted by molar-refractivity contribution is -0.111. The first-order chi connectivity index (χ1) is 7.61. The van der Waals surface area contributed by atoms with Crippen molar-refractivity contribution >= 4 is 45.2 Å². The molecule has 4 nitrogen and oxygen atoms in total. The Balaban J connectivity index is 0.000000160. The molecule has 0 atom stereocenters. The third kappa shape index (κ3) is 4.49. The summed E-state index contributed by atoms with van der Waals surface area (Å²) in [5.74, 6) is 2.17. The minimum Gasteiger partial charge on any atom is -0.292 e. The van der Waals surface area contributed by atoms with Crippen molar-refractivity contribution in [3.05, 3.63) is 0 Å². The van der Waals surface area contributed by atoms with E-state index in [1.54, 1.807) is 37.4 Å². The van der Waals surface area contributed by atoms with Gasteiger partial charge in [-0.05, 0) is 0 Å². The van der Waals surface area contributed by atoms with Crippen LogP contribution in [0.4, 0.5) is 0 Å². The molecular weight excluding hydrogens is 244 g/mol. The number of carbonyl (C=O) groups excluding carboxylic acids is 2. The molecule has 2 rings (SSSR count). The van der Waals surface area contributed by atoms with Crippen LogP contribution >= 0.6 is 23.5 Å². The highest BCUT2D eigenvalue weighted by atomic mass is 32.2. The summed E-state index contributed by atoms with van der Waals surface area (Å²) in [4.78, 5) is 28.9. The van der Waals surface area contributed by atoms with E-state index in [4.69, 9.17) is 0 Å². The van der Waals surface area contributed by atoms with Gasteiger partial charge >= 0.3 is 0 Å². The van der Waals surface area contributed by atoms with Crippen LogP contribution in [-0.2, 0) is 9.59 Å². The molecule has 0 unspecified atom stereocenters. The van der Waals surface area contributed by atoms with Gasteiger partial charge in [0.15, 0.2) is 11.6 Å². The number of aliphatic imine (C=N–C) groups is 2. The number of carbonyl (C=O) groups is 2. The summed E-state index contributed by atoms with van der Waals surface area (Å²) in [6, 6.07) is 0. The largest absolute Gasteiger partial charge is 0.292 e. The van der Waals surface area contributed by atoms with E-state index in [1.165, 1.54) is 0 Å². The smallest absolute Gasteiger partial charge is 0.184 e. The zero-order valence-corrected chi connectivity index (χ0v) is 11.0. The predicted octanol–water partition coefficient (Wildman–Crippen LogP) is 1.44. The van der Waals surface area contributed by atoms with E-state index >= 15 is 0 Å². The molecule has 0 aromatic carbocycles. The lowest BCUT2D eigenvalue weighted by atomic mass is 10.5. The van der Waals surface area contributed by atoms with Crippen molar-refractivity contribution in [2.45, 2.75) is 13.8 Å². The van der Waals surface area contributed by atoms with Crippen LogP contribution in [0, 0.1) is 0 Å². The number of hydrogen-bond donors (Lipinski definition) is 0. The fourth-order valence-electron chi connectivity index (χ4n) is 1.10. The topological polar surface area (TPSA) is 58.9 Å². The summed E-state index contributed by atoms with van der Waals surface area (Å²) in [6.45, 7) is 4.74. The van der Waals surface area contributed by atoms with Gasteiger partial charge in [0.1, 0.15) is 10.1 Å². The first-order valence-electron chi connectivity index (χ1n) is 4.97. The molecule has 0 saturated heterocycles. The molecule has 88 valence electrons. The lowest BCUT2D eigenvalue weighted by Crippen LogP contribution is -2.00.